The highest BCUT2D eigenvalue weighted by Crippen LogP contribution is 2.36. The Kier molecular flexibility index (Phi) is 4.44. The van der Waals surface area contributed by atoms with Crippen LogP contribution in [0, 0.1) is 6.92 Å². The first-order valence-electron chi connectivity index (χ1n) is 7.28. The molecular formula is C21H17I. The number of halogens is 1. The van der Waals surface area contributed by atoms with Crippen LogP contribution in [0.1, 0.15) is 27.8 Å². The molecule has 0 spiro atoms. The smallest absolute Gasteiger partial charge is 0.0215 e. The van der Waals surface area contributed by atoms with Gasteiger partial charge in [0.05, 0.1) is 0 Å². The van der Waals surface area contributed by atoms with E-state index in [1.165, 1.54) is 37.0 Å². The Bertz CT molecular complexity index is 820. The van der Waals surface area contributed by atoms with Gasteiger partial charge >= 0.3 is 0 Å². The molecule has 0 heterocycles. The van der Waals surface area contributed by atoms with Crippen LogP contribution in [0.15, 0.2) is 64.8 Å². The second-order valence-electron chi connectivity index (χ2n) is 5.31. The van der Waals surface area contributed by atoms with E-state index in [1.54, 1.807) is 0 Å². The minimum Gasteiger partial charge on any atom is -0.0990 e. The molecule has 108 valence electrons. The zero-order chi connectivity index (χ0) is 15.5. The normalized spacial score (nSPS) is 19.0. The molecule has 0 aliphatic heterocycles. The van der Waals surface area contributed by atoms with Gasteiger partial charge in [-0.05, 0) is 69.0 Å². The molecule has 1 aliphatic carbocycles. The molecule has 0 nitrogen and oxygen atoms in total. The van der Waals surface area contributed by atoms with Crippen molar-refractivity contribution in [2.24, 2.45) is 0 Å². The second kappa shape index (κ2) is 6.49. The molecule has 0 saturated heterocycles. The van der Waals surface area contributed by atoms with E-state index in [4.69, 9.17) is 0 Å². The summed E-state index contributed by atoms with van der Waals surface area (Å²) in [4.78, 5) is 0. The van der Waals surface area contributed by atoms with Crippen LogP contribution in [0.5, 0.6) is 0 Å². The van der Waals surface area contributed by atoms with E-state index in [0.717, 1.165) is 0 Å². The van der Waals surface area contributed by atoms with E-state index < -0.39 is 0 Å². The highest BCUT2D eigenvalue weighted by molar-refractivity contribution is 14.1. The maximum absolute atomic E-state index is 3.89. The first kappa shape index (κ1) is 15.0. The van der Waals surface area contributed by atoms with E-state index in [2.05, 4.69) is 103 Å². The van der Waals surface area contributed by atoms with Crippen molar-refractivity contribution in [1.82, 2.24) is 0 Å². The van der Waals surface area contributed by atoms with Crippen LogP contribution in [-0.4, -0.2) is 0 Å². The van der Waals surface area contributed by atoms with Crippen molar-refractivity contribution in [2.45, 2.75) is 6.92 Å². The standard InChI is InChI=1S/C21H17I/c1-3-7-19-20(22)14-18-10-5-4-9-16(18)12-13-17-11-6-8-15(2)21(17)19/h3-14H,1H2,2H3/b13-12+,19-7?,20-14-. The van der Waals surface area contributed by atoms with Gasteiger partial charge in [0.1, 0.15) is 0 Å². The molecule has 0 saturated carbocycles. The first-order valence-corrected chi connectivity index (χ1v) is 8.36. The van der Waals surface area contributed by atoms with Crippen molar-refractivity contribution in [2.75, 3.05) is 0 Å². The fraction of sp³-hybridized carbons (Fsp3) is 0.0476. The lowest BCUT2D eigenvalue weighted by Gasteiger charge is -2.13. The van der Waals surface area contributed by atoms with Crippen molar-refractivity contribution in [3.63, 3.8) is 0 Å². The number of benzene rings is 2. The molecular weight excluding hydrogens is 379 g/mol. The molecule has 1 heteroatoms. The number of hydrogen-bond acceptors (Lipinski definition) is 0. The van der Waals surface area contributed by atoms with Crippen LogP contribution in [-0.2, 0) is 0 Å². The van der Waals surface area contributed by atoms with Gasteiger partial charge in [0.25, 0.3) is 0 Å². The first-order chi connectivity index (χ1) is 10.7. The van der Waals surface area contributed by atoms with Gasteiger partial charge in [0.15, 0.2) is 0 Å². The largest absolute Gasteiger partial charge is 0.0990 e. The van der Waals surface area contributed by atoms with Crippen molar-refractivity contribution >= 4 is 46.4 Å². The number of hydrogen-bond donors (Lipinski definition) is 0. The SMILES string of the molecule is C=CC=C1/C(I)=C/c2ccccc2/C=C/c2cccc(C)c21. The van der Waals surface area contributed by atoms with E-state index >= 15 is 0 Å². The van der Waals surface area contributed by atoms with E-state index in [9.17, 15) is 0 Å². The maximum atomic E-state index is 3.89. The molecule has 0 bridgehead atoms. The lowest BCUT2D eigenvalue weighted by molar-refractivity contribution is 1.41. The molecule has 0 amide bonds. The summed E-state index contributed by atoms with van der Waals surface area (Å²) in [5, 5.41) is 0. The Balaban J connectivity index is 2.36. The zero-order valence-corrected chi connectivity index (χ0v) is 14.7. The Labute approximate surface area is 145 Å². The van der Waals surface area contributed by atoms with Crippen molar-refractivity contribution in [3.8, 4) is 0 Å². The molecule has 0 atom stereocenters. The summed E-state index contributed by atoms with van der Waals surface area (Å²) in [6.07, 6.45) is 10.6. The van der Waals surface area contributed by atoms with Crippen LogP contribution in [0.2, 0.25) is 0 Å². The lowest BCUT2D eigenvalue weighted by Crippen LogP contribution is -1.93. The summed E-state index contributed by atoms with van der Waals surface area (Å²) in [5.41, 5.74) is 7.51. The van der Waals surface area contributed by atoms with E-state index in [1.807, 2.05) is 6.08 Å². The highest BCUT2D eigenvalue weighted by atomic mass is 127. The summed E-state index contributed by atoms with van der Waals surface area (Å²) < 4.78 is 1.23. The topological polar surface area (TPSA) is 0 Å². The number of fused-ring (bicyclic) bond motifs is 2. The Morgan fingerprint density at radius 1 is 0.909 bits per heavy atom. The van der Waals surface area contributed by atoms with Gasteiger partial charge in [-0.2, -0.15) is 0 Å². The average molecular weight is 396 g/mol. The minimum absolute atomic E-state index is 1.23. The number of aryl methyl sites for hydroxylation is 1. The summed E-state index contributed by atoms with van der Waals surface area (Å²) in [7, 11) is 0. The molecule has 0 unspecified atom stereocenters. The fourth-order valence-corrected chi connectivity index (χ4v) is 3.57. The second-order valence-corrected chi connectivity index (χ2v) is 6.47. The third-order valence-corrected chi connectivity index (χ3v) is 4.73. The van der Waals surface area contributed by atoms with Crippen LogP contribution in [0.4, 0.5) is 0 Å². The summed E-state index contributed by atoms with van der Waals surface area (Å²) >= 11 is 2.43. The average Bonchev–Trinajstić information content (AvgIpc) is 2.57. The van der Waals surface area contributed by atoms with Gasteiger partial charge < -0.3 is 0 Å². The summed E-state index contributed by atoms with van der Waals surface area (Å²) in [6.45, 7) is 6.05. The zero-order valence-electron chi connectivity index (χ0n) is 12.5. The van der Waals surface area contributed by atoms with Gasteiger partial charge in [-0.3, -0.25) is 0 Å². The van der Waals surface area contributed by atoms with Crippen LogP contribution in [0.25, 0.3) is 23.8 Å². The van der Waals surface area contributed by atoms with Gasteiger partial charge in [-0.1, -0.05) is 73.3 Å². The molecule has 22 heavy (non-hydrogen) atoms. The Morgan fingerprint density at radius 2 is 1.59 bits per heavy atom. The summed E-state index contributed by atoms with van der Waals surface area (Å²) in [5.74, 6) is 0. The molecule has 0 N–H and O–H groups in total. The van der Waals surface area contributed by atoms with Crippen LogP contribution < -0.4 is 0 Å². The molecule has 2 aromatic rings. The third-order valence-electron chi connectivity index (χ3n) is 3.84. The van der Waals surface area contributed by atoms with Crippen LogP contribution in [0.3, 0.4) is 0 Å². The monoisotopic (exact) mass is 396 g/mol. The molecule has 0 radical (unpaired) electrons. The number of rotatable bonds is 1. The van der Waals surface area contributed by atoms with Gasteiger partial charge in [0, 0.05) is 3.58 Å². The molecule has 3 rings (SSSR count). The predicted octanol–water partition coefficient (Wildman–Crippen LogP) is 6.52. The molecule has 0 aromatic heterocycles. The Hall–Kier alpha value is -1.87. The maximum Gasteiger partial charge on any atom is 0.0215 e. The van der Waals surface area contributed by atoms with E-state index in [-0.39, 0.29) is 0 Å². The van der Waals surface area contributed by atoms with Crippen molar-refractivity contribution < 1.29 is 0 Å². The number of allylic oxidation sites excluding steroid dienone is 4. The Morgan fingerprint density at radius 3 is 2.36 bits per heavy atom. The summed E-state index contributed by atoms with van der Waals surface area (Å²) in [6, 6.07) is 14.9. The lowest BCUT2D eigenvalue weighted by atomic mass is 9.94. The third kappa shape index (κ3) is 2.86. The van der Waals surface area contributed by atoms with Crippen molar-refractivity contribution in [1.29, 1.82) is 0 Å². The quantitative estimate of drug-likeness (QED) is 0.481. The molecule has 0 fully saturated rings. The highest BCUT2D eigenvalue weighted by Gasteiger charge is 2.13. The van der Waals surface area contributed by atoms with E-state index in [0.29, 0.717) is 0 Å². The molecule has 2 aromatic carbocycles. The molecule has 1 aliphatic rings. The predicted molar refractivity (Wildman–Crippen MR) is 107 cm³/mol. The van der Waals surface area contributed by atoms with Crippen LogP contribution >= 0.6 is 22.6 Å². The van der Waals surface area contributed by atoms with Gasteiger partial charge in [-0.25, -0.2) is 0 Å². The van der Waals surface area contributed by atoms with Crippen molar-refractivity contribution in [3.05, 3.63) is 92.6 Å². The van der Waals surface area contributed by atoms with Gasteiger partial charge in [-0.15, -0.1) is 0 Å². The van der Waals surface area contributed by atoms with Gasteiger partial charge in [0.2, 0.25) is 0 Å². The fourth-order valence-electron chi connectivity index (χ4n) is 2.79. The minimum atomic E-state index is 1.23.